The van der Waals surface area contributed by atoms with Crippen LogP contribution in [0.25, 0.3) is 11.2 Å². The number of aromatic amines is 1. The Morgan fingerprint density at radius 1 is 1.44 bits per heavy atom. The number of nitrogens with one attached hydrogen (secondary N) is 2. The average molecular weight is 245 g/mol. The molecule has 0 atom stereocenters. The molecule has 0 amide bonds. The number of imidazole rings is 1. The maximum Gasteiger partial charge on any atom is 0.295 e. The van der Waals surface area contributed by atoms with Gasteiger partial charge in [-0.2, -0.15) is 4.98 Å². The molecule has 0 aromatic carbocycles. The van der Waals surface area contributed by atoms with Crippen LogP contribution < -0.4 is 10.1 Å². The van der Waals surface area contributed by atoms with E-state index < -0.39 is 0 Å². The van der Waals surface area contributed by atoms with E-state index in [0.717, 1.165) is 5.76 Å². The lowest BCUT2D eigenvalue weighted by molar-refractivity contribution is 0.386. The molecule has 0 saturated carbocycles. The van der Waals surface area contributed by atoms with Gasteiger partial charge in [-0.05, 0) is 12.1 Å². The van der Waals surface area contributed by atoms with Crippen molar-refractivity contribution in [2.24, 2.45) is 0 Å². The SMILES string of the molecule is COc1nc2ncnc(NCc3ccco3)c2[nH]1. The Morgan fingerprint density at radius 2 is 2.39 bits per heavy atom. The zero-order valence-electron chi connectivity index (χ0n) is 9.67. The van der Waals surface area contributed by atoms with Crippen LogP contribution in [-0.2, 0) is 6.54 Å². The maximum absolute atomic E-state index is 5.24. The molecule has 0 aliphatic carbocycles. The van der Waals surface area contributed by atoms with Crippen LogP contribution in [0.2, 0.25) is 0 Å². The summed E-state index contributed by atoms with van der Waals surface area (Å²) in [4.78, 5) is 15.4. The molecule has 3 aromatic rings. The normalized spacial score (nSPS) is 10.7. The largest absolute Gasteiger partial charge is 0.468 e. The van der Waals surface area contributed by atoms with Crippen LogP contribution in [0.3, 0.4) is 0 Å². The summed E-state index contributed by atoms with van der Waals surface area (Å²) in [5.41, 5.74) is 1.27. The van der Waals surface area contributed by atoms with Gasteiger partial charge in [0.25, 0.3) is 6.01 Å². The third-order valence-corrected chi connectivity index (χ3v) is 2.47. The summed E-state index contributed by atoms with van der Waals surface area (Å²) < 4.78 is 10.3. The maximum atomic E-state index is 5.24. The molecule has 2 N–H and O–H groups in total. The van der Waals surface area contributed by atoms with Crippen molar-refractivity contribution in [2.45, 2.75) is 6.54 Å². The van der Waals surface area contributed by atoms with Gasteiger partial charge in [0.05, 0.1) is 19.9 Å². The molecule has 92 valence electrons. The number of aromatic nitrogens is 4. The number of ether oxygens (including phenoxy) is 1. The lowest BCUT2D eigenvalue weighted by Crippen LogP contribution is -2.01. The van der Waals surface area contributed by atoms with Crippen molar-refractivity contribution < 1.29 is 9.15 Å². The number of fused-ring (bicyclic) bond motifs is 1. The second-order valence-corrected chi connectivity index (χ2v) is 3.60. The Morgan fingerprint density at radius 3 is 3.17 bits per heavy atom. The highest BCUT2D eigenvalue weighted by molar-refractivity contribution is 5.82. The lowest BCUT2D eigenvalue weighted by atomic mass is 10.4. The number of furan rings is 1. The van der Waals surface area contributed by atoms with Gasteiger partial charge in [-0.3, -0.25) is 0 Å². The van der Waals surface area contributed by atoms with E-state index >= 15 is 0 Å². The summed E-state index contributed by atoms with van der Waals surface area (Å²) in [6.07, 6.45) is 3.08. The Labute approximate surface area is 102 Å². The van der Waals surface area contributed by atoms with Crippen LogP contribution in [0, 0.1) is 0 Å². The van der Waals surface area contributed by atoms with E-state index in [1.807, 2.05) is 12.1 Å². The fraction of sp³-hybridized carbons (Fsp3) is 0.182. The zero-order valence-corrected chi connectivity index (χ0v) is 9.67. The molecule has 3 aromatic heterocycles. The summed E-state index contributed by atoms with van der Waals surface area (Å²) in [5.74, 6) is 1.49. The molecule has 0 aliphatic rings. The predicted molar refractivity (Wildman–Crippen MR) is 64.3 cm³/mol. The fourth-order valence-electron chi connectivity index (χ4n) is 1.62. The first-order valence-electron chi connectivity index (χ1n) is 5.38. The molecule has 7 nitrogen and oxygen atoms in total. The van der Waals surface area contributed by atoms with Crippen molar-refractivity contribution in [3.63, 3.8) is 0 Å². The second-order valence-electron chi connectivity index (χ2n) is 3.60. The van der Waals surface area contributed by atoms with E-state index in [-0.39, 0.29) is 0 Å². The Hall–Kier alpha value is -2.57. The number of rotatable bonds is 4. The lowest BCUT2D eigenvalue weighted by Gasteiger charge is -2.03. The molecule has 0 saturated heterocycles. The average Bonchev–Trinajstić information content (AvgIpc) is 3.04. The number of hydrogen-bond donors (Lipinski definition) is 2. The summed E-state index contributed by atoms with van der Waals surface area (Å²) in [6, 6.07) is 4.14. The molecule has 0 bridgehead atoms. The minimum atomic E-state index is 0.409. The van der Waals surface area contributed by atoms with E-state index in [1.165, 1.54) is 6.33 Å². The van der Waals surface area contributed by atoms with Crippen LogP contribution >= 0.6 is 0 Å². The highest BCUT2D eigenvalue weighted by Gasteiger charge is 2.09. The van der Waals surface area contributed by atoms with Crippen molar-refractivity contribution in [3.05, 3.63) is 30.5 Å². The third kappa shape index (κ3) is 1.86. The summed E-state index contributed by atoms with van der Waals surface area (Å²) in [7, 11) is 1.54. The summed E-state index contributed by atoms with van der Waals surface area (Å²) in [6.45, 7) is 0.542. The van der Waals surface area contributed by atoms with E-state index in [4.69, 9.17) is 9.15 Å². The topological polar surface area (TPSA) is 88.9 Å². The predicted octanol–water partition coefficient (Wildman–Crippen LogP) is 1.57. The van der Waals surface area contributed by atoms with Gasteiger partial charge in [-0.15, -0.1) is 0 Å². The molecule has 7 heteroatoms. The van der Waals surface area contributed by atoms with Crippen LogP contribution in [0.1, 0.15) is 5.76 Å². The van der Waals surface area contributed by atoms with E-state index in [9.17, 15) is 0 Å². The molecular formula is C11H11N5O2. The zero-order chi connectivity index (χ0) is 12.4. The minimum Gasteiger partial charge on any atom is -0.468 e. The van der Waals surface area contributed by atoms with Gasteiger partial charge < -0.3 is 19.5 Å². The Kier molecular flexibility index (Phi) is 2.56. The van der Waals surface area contributed by atoms with Gasteiger partial charge in [0, 0.05) is 0 Å². The van der Waals surface area contributed by atoms with Gasteiger partial charge in [0.1, 0.15) is 17.6 Å². The molecule has 3 rings (SSSR count). The molecule has 18 heavy (non-hydrogen) atoms. The van der Waals surface area contributed by atoms with Crippen LogP contribution in [0.15, 0.2) is 29.1 Å². The Balaban J connectivity index is 1.89. The van der Waals surface area contributed by atoms with E-state index in [1.54, 1.807) is 13.4 Å². The van der Waals surface area contributed by atoms with Crippen molar-refractivity contribution in [3.8, 4) is 6.01 Å². The van der Waals surface area contributed by atoms with Gasteiger partial charge in [0.2, 0.25) is 0 Å². The van der Waals surface area contributed by atoms with Crippen molar-refractivity contribution in [2.75, 3.05) is 12.4 Å². The van der Waals surface area contributed by atoms with Gasteiger partial charge in [-0.1, -0.05) is 0 Å². The quantitative estimate of drug-likeness (QED) is 0.725. The van der Waals surface area contributed by atoms with Crippen LogP contribution in [0.4, 0.5) is 5.82 Å². The number of anilines is 1. The third-order valence-electron chi connectivity index (χ3n) is 2.47. The van der Waals surface area contributed by atoms with Crippen LogP contribution in [0.5, 0.6) is 6.01 Å². The smallest absolute Gasteiger partial charge is 0.295 e. The highest BCUT2D eigenvalue weighted by atomic mass is 16.5. The van der Waals surface area contributed by atoms with E-state index in [2.05, 4.69) is 25.3 Å². The first-order valence-corrected chi connectivity index (χ1v) is 5.38. The molecular weight excluding hydrogens is 234 g/mol. The number of H-pyrrole nitrogens is 1. The number of methoxy groups -OCH3 is 1. The van der Waals surface area contributed by atoms with Crippen LogP contribution in [-0.4, -0.2) is 27.0 Å². The monoisotopic (exact) mass is 245 g/mol. The summed E-state index contributed by atoms with van der Waals surface area (Å²) >= 11 is 0. The summed E-state index contributed by atoms with van der Waals surface area (Å²) in [5, 5.41) is 3.16. The van der Waals surface area contributed by atoms with Crippen molar-refractivity contribution in [1.82, 2.24) is 19.9 Å². The van der Waals surface area contributed by atoms with Crippen molar-refractivity contribution >= 4 is 17.0 Å². The number of nitrogens with zero attached hydrogens (tertiary/aromatic N) is 3. The van der Waals surface area contributed by atoms with Gasteiger partial charge in [-0.25, -0.2) is 9.97 Å². The van der Waals surface area contributed by atoms with Gasteiger partial charge in [0.15, 0.2) is 11.5 Å². The molecule has 0 spiro atoms. The fourth-order valence-corrected chi connectivity index (χ4v) is 1.62. The van der Waals surface area contributed by atoms with Crippen molar-refractivity contribution in [1.29, 1.82) is 0 Å². The first kappa shape index (κ1) is 10.6. The molecule has 3 heterocycles. The molecule has 0 unspecified atom stereocenters. The molecule has 0 radical (unpaired) electrons. The Bertz CT molecular complexity index is 647. The van der Waals surface area contributed by atoms with E-state index in [0.29, 0.717) is 29.5 Å². The van der Waals surface area contributed by atoms with Gasteiger partial charge >= 0.3 is 0 Å². The first-order chi connectivity index (χ1) is 8.86. The second kappa shape index (κ2) is 4.36. The molecule has 0 aliphatic heterocycles. The standard InChI is InChI=1S/C11H11N5O2/c1-17-11-15-8-9(13-6-14-10(8)16-11)12-5-7-3-2-4-18-7/h2-4,6H,5H2,1H3,(H2,12,13,14,15,16). The minimum absolute atomic E-state index is 0.409. The molecule has 0 fully saturated rings. The number of hydrogen-bond acceptors (Lipinski definition) is 6. The highest BCUT2D eigenvalue weighted by Crippen LogP contribution is 2.20.